The topological polar surface area (TPSA) is 60.1 Å². The molecular weight excluding hydrogens is 334 g/mol. The fourth-order valence-corrected chi connectivity index (χ4v) is 2.67. The summed E-state index contributed by atoms with van der Waals surface area (Å²) in [7, 11) is 1.78. The third kappa shape index (κ3) is 2.47. The Bertz CT molecular complexity index is 848. The van der Waals surface area contributed by atoms with Crippen LogP contribution in [0.2, 0.25) is 0 Å². The van der Waals surface area contributed by atoms with Crippen LogP contribution in [0.1, 0.15) is 21.8 Å². The van der Waals surface area contributed by atoms with Gasteiger partial charge in [0.15, 0.2) is 5.76 Å². The average molecular weight is 348 g/mol. The lowest BCUT2D eigenvalue weighted by molar-refractivity contribution is 0.0997. The molecule has 6 heteroatoms. The number of furan rings is 1. The van der Waals surface area contributed by atoms with Gasteiger partial charge in [-0.2, -0.15) is 5.10 Å². The zero-order valence-corrected chi connectivity index (χ0v) is 13.5. The summed E-state index contributed by atoms with van der Waals surface area (Å²) in [5.41, 5.74) is 2.36. The number of nitrogens with zero attached hydrogens (tertiary/aromatic N) is 2. The van der Waals surface area contributed by atoms with Crippen LogP contribution in [0.4, 0.5) is 5.82 Å². The number of nitrogens with one attached hydrogen (secondary N) is 1. The first-order chi connectivity index (χ1) is 9.95. The summed E-state index contributed by atoms with van der Waals surface area (Å²) in [5.74, 6) is 0.684. The van der Waals surface area contributed by atoms with E-state index in [0.717, 1.165) is 21.1 Å². The zero-order chi connectivity index (χ0) is 15.1. The van der Waals surface area contributed by atoms with Crippen molar-refractivity contribution in [3.63, 3.8) is 0 Å². The fraction of sp³-hybridized carbons (Fsp3) is 0.200. The highest BCUT2D eigenvalue weighted by Crippen LogP contribution is 2.28. The summed E-state index contributed by atoms with van der Waals surface area (Å²) < 4.78 is 8.25. The summed E-state index contributed by atoms with van der Waals surface area (Å²) >= 11 is 3.43. The quantitative estimate of drug-likeness (QED) is 0.766. The second-order valence-corrected chi connectivity index (χ2v) is 5.86. The molecule has 2 heterocycles. The van der Waals surface area contributed by atoms with E-state index in [2.05, 4.69) is 26.3 Å². The first kappa shape index (κ1) is 13.9. The highest BCUT2D eigenvalue weighted by atomic mass is 79.9. The van der Waals surface area contributed by atoms with Gasteiger partial charge in [0.1, 0.15) is 11.4 Å². The average Bonchev–Trinajstić information content (AvgIpc) is 2.91. The van der Waals surface area contributed by atoms with Crippen molar-refractivity contribution >= 4 is 38.6 Å². The monoisotopic (exact) mass is 347 g/mol. The van der Waals surface area contributed by atoms with E-state index >= 15 is 0 Å². The molecule has 5 nitrogen and oxygen atoms in total. The number of aryl methyl sites for hydroxylation is 3. The first-order valence-electron chi connectivity index (χ1n) is 6.46. The largest absolute Gasteiger partial charge is 0.451 e. The Morgan fingerprint density at radius 2 is 2.10 bits per heavy atom. The van der Waals surface area contributed by atoms with Gasteiger partial charge in [0, 0.05) is 28.5 Å². The van der Waals surface area contributed by atoms with Crippen LogP contribution in [0, 0.1) is 13.8 Å². The Labute approximate surface area is 130 Å². The summed E-state index contributed by atoms with van der Waals surface area (Å²) in [6.45, 7) is 3.75. The molecule has 0 aliphatic carbocycles. The minimum atomic E-state index is -0.275. The summed E-state index contributed by atoms with van der Waals surface area (Å²) in [4.78, 5) is 12.4. The van der Waals surface area contributed by atoms with Crippen LogP contribution in [0.3, 0.4) is 0 Å². The highest BCUT2D eigenvalue weighted by Gasteiger charge is 2.19. The molecule has 1 N–H and O–H groups in total. The van der Waals surface area contributed by atoms with Crippen molar-refractivity contribution in [3.8, 4) is 0 Å². The van der Waals surface area contributed by atoms with Crippen LogP contribution >= 0.6 is 15.9 Å². The third-order valence-electron chi connectivity index (χ3n) is 3.35. The van der Waals surface area contributed by atoms with Crippen molar-refractivity contribution in [2.75, 3.05) is 5.32 Å². The van der Waals surface area contributed by atoms with E-state index < -0.39 is 0 Å². The van der Waals surface area contributed by atoms with E-state index in [4.69, 9.17) is 4.42 Å². The van der Waals surface area contributed by atoms with Gasteiger partial charge in [0.05, 0.1) is 5.69 Å². The number of amides is 1. The van der Waals surface area contributed by atoms with Crippen molar-refractivity contribution in [2.24, 2.45) is 7.05 Å². The van der Waals surface area contributed by atoms with Crippen molar-refractivity contribution < 1.29 is 9.21 Å². The Kier molecular flexibility index (Phi) is 3.33. The molecule has 0 spiro atoms. The molecule has 3 aromatic rings. The molecule has 108 valence electrons. The first-order valence-corrected chi connectivity index (χ1v) is 7.25. The maximum Gasteiger partial charge on any atom is 0.292 e. The van der Waals surface area contributed by atoms with Gasteiger partial charge in [-0.3, -0.25) is 9.48 Å². The molecule has 1 aromatic carbocycles. The van der Waals surface area contributed by atoms with Crippen molar-refractivity contribution in [3.05, 3.63) is 45.8 Å². The Morgan fingerprint density at radius 3 is 2.76 bits per heavy atom. The Morgan fingerprint density at radius 1 is 1.33 bits per heavy atom. The van der Waals surface area contributed by atoms with Gasteiger partial charge in [-0.25, -0.2) is 0 Å². The lowest BCUT2D eigenvalue weighted by Gasteiger charge is -2.03. The minimum absolute atomic E-state index is 0.275. The van der Waals surface area contributed by atoms with Crippen LogP contribution in [0.5, 0.6) is 0 Å². The van der Waals surface area contributed by atoms with Gasteiger partial charge in [-0.15, -0.1) is 0 Å². The molecule has 0 saturated carbocycles. The molecule has 0 unspecified atom stereocenters. The molecule has 0 radical (unpaired) electrons. The van der Waals surface area contributed by atoms with Crippen LogP contribution in [-0.2, 0) is 7.05 Å². The molecule has 3 rings (SSSR count). The molecule has 0 atom stereocenters. The lowest BCUT2D eigenvalue weighted by atomic mass is 10.1. The number of benzene rings is 1. The van der Waals surface area contributed by atoms with Crippen molar-refractivity contribution in [2.45, 2.75) is 13.8 Å². The van der Waals surface area contributed by atoms with Crippen molar-refractivity contribution in [1.29, 1.82) is 0 Å². The van der Waals surface area contributed by atoms with Gasteiger partial charge in [0.2, 0.25) is 0 Å². The zero-order valence-electron chi connectivity index (χ0n) is 11.9. The molecule has 0 saturated heterocycles. The molecule has 0 bridgehead atoms. The summed E-state index contributed by atoms with van der Waals surface area (Å²) in [6.07, 6.45) is 0. The molecular formula is C15H14BrN3O2. The number of carbonyl (C=O) groups is 1. The van der Waals surface area contributed by atoms with Gasteiger partial charge in [0.25, 0.3) is 5.91 Å². The number of aromatic nitrogens is 2. The van der Waals surface area contributed by atoms with Gasteiger partial charge >= 0.3 is 0 Å². The van der Waals surface area contributed by atoms with E-state index in [1.807, 2.05) is 38.1 Å². The fourth-order valence-electron chi connectivity index (χ4n) is 2.31. The second-order valence-electron chi connectivity index (χ2n) is 4.95. The maximum atomic E-state index is 12.4. The number of halogens is 1. The van der Waals surface area contributed by atoms with Crippen LogP contribution in [0.25, 0.3) is 11.0 Å². The number of rotatable bonds is 2. The SMILES string of the molecule is Cc1cc(NC(=O)c2oc3ccc(Br)cc3c2C)n(C)n1. The predicted octanol–water partition coefficient (Wildman–Crippen LogP) is 3.80. The van der Waals surface area contributed by atoms with E-state index in [-0.39, 0.29) is 5.91 Å². The standard InChI is InChI=1S/C15H14BrN3O2/c1-8-6-13(19(3)18-8)17-15(20)14-9(2)11-7-10(16)4-5-12(11)21-14/h4-7H,1-3H3,(H,17,20). The Hall–Kier alpha value is -2.08. The number of carbonyl (C=O) groups excluding carboxylic acids is 1. The van der Waals surface area contributed by atoms with E-state index in [9.17, 15) is 4.79 Å². The normalized spacial score (nSPS) is 11.0. The molecule has 0 aliphatic rings. The maximum absolute atomic E-state index is 12.4. The van der Waals surface area contributed by atoms with Crippen LogP contribution in [0.15, 0.2) is 33.2 Å². The van der Waals surface area contributed by atoms with Crippen LogP contribution < -0.4 is 5.32 Å². The highest BCUT2D eigenvalue weighted by molar-refractivity contribution is 9.10. The lowest BCUT2D eigenvalue weighted by Crippen LogP contribution is -2.14. The van der Waals surface area contributed by atoms with Crippen LogP contribution in [-0.4, -0.2) is 15.7 Å². The minimum Gasteiger partial charge on any atom is -0.451 e. The number of fused-ring (bicyclic) bond motifs is 1. The number of anilines is 1. The molecule has 1 amide bonds. The Balaban J connectivity index is 1.98. The van der Waals surface area contributed by atoms with Gasteiger partial charge < -0.3 is 9.73 Å². The van der Waals surface area contributed by atoms with E-state index in [1.165, 1.54) is 0 Å². The molecule has 0 fully saturated rings. The molecule has 2 aromatic heterocycles. The summed E-state index contributed by atoms with van der Waals surface area (Å²) in [5, 5.41) is 7.95. The van der Waals surface area contributed by atoms with Gasteiger partial charge in [-0.1, -0.05) is 15.9 Å². The predicted molar refractivity (Wildman–Crippen MR) is 84.5 cm³/mol. The summed E-state index contributed by atoms with van der Waals surface area (Å²) in [6, 6.07) is 7.49. The smallest absolute Gasteiger partial charge is 0.292 e. The molecule has 21 heavy (non-hydrogen) atoms. The van der Waals surface area contributed by atoms with E-state index in [1.54, 1.807) is 11.7 Å². The van der Waals surface area contributed by atoms with Crippen molar-refractivity contribution in [1.82, 2.24) is 9.78 Å². The number of hydrogen-bond acceptors (Lipinski definition) is 3. The second kappa shape index (κ2) is 5.04. The molecule has 0 aliphatic heterocycles. The van der Waals surface area contributed by atoms with E-state index in [0.29, 0.717) is 17.2 Å². The van der Waals surface area contributed by atoms with Gasteiger partial charge in [-0.05, 0) is 32.0 Å². The number of hydrogen-bond donors (Lipinski definition) is 1. The third-order valence-corrected chi connectivity index (χ3v) is 3.84.